The first-order valence-corrected chi connectivity index (χ1v) is 8.67. The second-order valence-corrected chi connectivity index (χ2v) is 6.85. The van der Waals surface area contributed by atoms with E-state index in [9.17, 15) is 4.79 Å². The molecule has 0 radical (unpaired) electrons. The number of nitrogens with zero attached hydrogens (tertiary/aromatic N) is 2. The van der Waals surface area contributed by atoms with E-state index in [0.29, 0.717) is 30.4 Å². The number of benzene rings is 1. The van der Waals surface area contributed by atoms with E-state index in [1.807, 2.05) is 0 Å². The highest BCUT2D eigenvalue weighted by molar-refractivity contribution is 5.44. The van der Waals surface area contributed by atoms with Crippen molar-refractivity contribution >= 4 is 5.82 Å². The minimum absolute atomic E-state index is 0.100. The summed E-state index contributed by atoms with van der Waals surface area (Å²) in [5.74, 6) is 2.02. The Morgan fingerprint density at radius 1 is 1.21 bits per heavy atom. The fourth-order valence-corrected chi connectivity index (χ4v) is 4.38. The number of H-pyrrole nitrogens is 1. The van der Waals surface area contributed by atoms with Crippen molar-refractivity contribution in [3.63, 3.8) is 0 Å². The highest BCUT2D eigenvalue weighted by Crippen LogP contribution is 2.44. The Morgan fingerprint density at radius 3 is 2.58 bits per heavy atom. The third kappa shape index (κ3) is 2.84. The number of aromatic amines is 1. The number of piperidine rings is 1. The highest BCUT2D eigenvalue weighted by Gasteiger charge is 2.41. The molecule has 3 heterocycles. The summed E-state index contributed by atoms with van der Waals surface area (Å²) in [5, 5.41) is 0. The minimum Gasteiger partial charge on any atom is -0.377 e. The van der Waals surface area contributed by atoms with Crippen LogP contribution in [0.5, 0.6) is 0 Å². The lowest BCUT2D eigenvalue weighted by Crippen LogP contribution is -2.43. The molecule has 2 aliphatic heterocycles. The molecule has 1 N–H and O–H groups in total. The number of fused-ring (bicyclic) bond motifs is 2. The number of hydrogen-bond acceptors (Lipinski definition) is 4. The van der Waals surface area contributed by atoms with Crippen molar-refractivity contribution in [1.29, 1.82) is 0 Å². The largest absolute Gasteiger partial charge is 0.377 e. The maximum atomic E-state index is 12.0. The standard InChI is InChI=1S/C19H23N3O2/c1-24-12-17-20-18(11-19(23)21-17)22-15-7-8-16(22)10-14(9-15)13-5-3-2-4-6-13/h2-6,11,14-16H,7-10,12H2,1H3,(H,20,21,23)/t14?,15-,16+. The van der Waals surface area contributed by atoms with E-state index in [-0.39, 0.29) is 5.56 Å². The van der Waals surface area contributed by atoms with Crippen molar-refractivity contribution in [3.8, 4) is 0 Å². The zero-order valence-electron chi connectivity index (χ0n) is 13.9. The van der Waals surface area contributed by atoms with Gasteiger partial charge >= 0.3 is 0 Å². The molecule has 0 spiro atoms. The predicted molar refractivity (Wildman–Crippen MR) is 93.3 cm³/mol. The number of anilines is 1. The third-order valence-electron chi connectivity index (χ3n) is 5.33. The molecule has 2 aliphatic rings. The van der Waals surface area contributed by atoms with Gasteiger partial charge < -0.3 is 14.6 Å². The summed E-state index contributed by atoms with van der Waals surface area (Å²) in [6.45, 7) is 0.332. The van der Waals surface area contributed by atoms with Crippen LogP contribution in [0.1, 0.15) is 43.0 Å². The molecule has 24 heavy (non-hydrogen) atoms. The molecule has 1 aromatic carbocycles. The van der Waals surface area contributed by atoms with E-state index >= 15 is 0 Å². The molecule has 126 valence electrons. The number of rotatable bonds is 4. The van der Waals surface area contributed by atoms with Crippen LogP contribution >= 0.6 is 0 Å². The Morgan fingerprint density at radius 2 is 1.92 bits per heavy atom. The van der Waals surface area contributed by atoms with Gasteiger partial charge in [-0.15, -0.1) is 0 Å². The monoisotopic (exact) mass is 325 g/mol. The van der Waals surface area contributed by atoms with Crippen LogP contribution in [-0.4, -0.2) is 29.2 Å². The summed E-state index contributed by atoms with van der Waals surface area (Å²) in [6, 6.07) is 13.4. The van der Waals surface area contributed by atoms with Gasteiger partial charge in [0.25, 0.3) is 5.56 Å². The molecule has 5 nitrogen and oxygen atoms in total. The van der Waals surface area contributed by atoms with Crippen LogP contribution in [-0.2, 0) is 11.3 Å². The van der Waals surface area contributed by atoms with Gasteiger partial charge in [0.2, 0.25) is 0 Å². The maximum absolute atomic E-state index is 12.0. The number of nitrogens with one attached hydrogen (secondary N) is 1. The summed E-state index contributed by atoms with van der Waals surface area (Å²) < 4.78 is 5.12. The van der Waals surface area contributed by atoms with E-state index < -0.39 is 0 Å². The van der Waals surface area contributed by atoms with Gasteiger partial charge in [-0.2, -0.15) is 0 Å². The molecule has 2 fully saturated rings. The van der Waals surface area contributed by atoms with Gasteiger partial charge in [-0.05, 0) is 37.2 Å². The van der Waals surface area contributed by atoms with Gasteiger partial charge in [0.15, 0.2) is 0 Å². The van der Waals surface area contributed by atoms with Gasteiger partial charge in [-0.1, -0.05) is 30.3 Å². The van der Waals surface area contributed by atoms with Crippen molar-refractivity contribution in [2.24, 2.45) is 0 Å². The van der Waals surface area contributed by atoms with E-state index in [1.165, 1.54) is 18.4 Å². The summed E-state index contributed by atoms with van der Waals surface area (Å²) in [6.07, 6.45) is 4.63. The second-order valence-electron chi connectivity index (χ2n) is 6.85. The van der Waals surface area contributed by atoms with Crippen LogP contribution < -0.4 is 10.5 Å². The molecule has 2 aromatic rings. The van der Waals surface area contributed by atoms with E-state index in [1.54, 1.807) is 13.2 Å². The number of ether oxygens (including phenoxy) is 1. The van der Waals surface area contributed by atoms with Crippen LogP contribution in [0.2, 0.25) is 0 Å². The first-order chi connectivity index (χ1) is 11.7. The van der Waals surface area contributed by atoms with Crippen LogP contribution in [0.3, 0.4) is 0 Å². The average molecular weight is 325 g/mol. The Labute approximate surface area is 141 Å². The van der Waals surface area contributed by atoms with Crippen molar-refractivity contribution in [2.45, 2.75) is 50.3 Å². The summed E-state index contributed by atoms with van der Waals surface area (Å²) in [7, 11) is 1.61. The normalized spacial score (nSPS) is 25.9. The van der Waals surface area contributed by atoms with Crippen molar-refractivity contribution in [1.82, 2.24) is 9.97 Å². The number of methoxy groups -OCH3 is 1. The van der Waals surface area contributed by atoms with E-state index in [2.05, 4.69) is 45.2 Å². The van der Waals surface area contributed by atoms with Crippen LogP contribution in [0.25, 0.3) is 0 Å². The fraction of sp³-hybridized carbons (Fsp3) is 0.474. The quantitative estimate of drug-likeness (QED) is 0.939. The topological polar surface area (TPSA) is 58.2 Å². The Kier molecular flexibility index (Phi) is 4.10. The molecule has 0 amide bonds. The summed E-state index contributed by atoms with van der Waals surface area (Å²) in [4.78, 5) is 21.7. The first kappa shape index (κ1) is 15.4. The van der Waals surface area contributed by atoms with Crippen LogP contribution in [0.15, 0.2) is 41.2 Å². The number of aromatic nitrogens is 2. The Hall–Kier alpha value is -2.14. The van der Waals surface area contributed by atoms with Gasteiger partial charge in [-0.3, -0.25) is 4.79 Å². The molecule has 4 rings (SSSR count). The molecule has 2 bridgehead atoms. The molecule has 1 unspecified atom stereocenters. The maximum Gasteiger partial charge on any atom is 0.253 e. The summed E-state index contributed by atoms with van der Waals surface area (Å²) >= 11 is 0. The Balaban J connectivity index is 1.60. The molecule has 0 aliphatic carbocycles. The lowest BCUT2D eigenvalue weighted by molar-refractivity contribution is 0.177. The molecule has 0 saturated carbocycles. The molecule has 2 saturated heterocycles. The molecule has 5 heteroatoms. The highest BCUT2D eigenvalue weighted by atomic mass is 16.5. The third-order valence-corrected chi connectivity index (χ3v) is 5.33. The van der Waals surface area contributed by atoms with Crippen LogP contribution in [0.4, 0.5) is 5.82 Å². The first-order valence-electron chi connectivity index (χ1n) is 8.67. The zero-order chi connectivity index (χ0) is 16.5. The minimum atomic E-state index is -0.100. The molecular weight excluding hydrogens is 302 g/mol. The fourth-order valence-electron chi connectivity index (χ4n) is 4.38. The molecular formula is C19H23N3O2. The van der Waals surface area contributed by atoms with Gasteiger partial charge in [-0.25, -0.2) is 4.98 Å². The number of hydrogen-bond donors (Lipinski definition) is 1. The second kappa shape index (κ2) is 6.40. The lowest BCUT2D eigenvalue weighted by atomic mass is 9.85. The molecule has 1 aromatic heterocycles. The lowest BCUT2D eigenvalue weighted by Gasteiger charge is -2.40. The SMILES string of the molecule is COCc1nc(N2[C@@H]3CC[C@H]2CC(c2ccccc2)C3)cc(=O)[nH]1. The summed E-state index contributed by atoms with van der Waals surface area (Å²) in [5.41, 5.74) is 1.34. The predicted octanol–water partition coefficient (Wildman–Crippen LogP) is 2.83. The van der Waals surface area contributed by atoms with Crippen LogP contribution in [0, 0.1) is 0 Å². The van der Waals surface area contributed by atoms with Gasteiger partial charge in [0.1, 0.15) is 18.2 Å². The smallest absolute Gasteiger partial charge is 0.253 e. The van der Waals surface area contributed by atoms with Crippen molar-refractivity contribution < 1.29 is 4.74 Å². The van der Waals surface area contributed by atoms with E-state index in [4.69, 9.17) is 4.74 Å². The van der Waals surface area contributed by atoms with Crippen molar-refractivity contribution in [3.05, 3.63) is 58.1 Å². The van der Waals surface area contributed by atoms with Gasteiger partial charge in [0, 0.05) is 25.3 Å². The van der Waals surface area contributed by atoms with Gasteiger partial charge in [0.05, 0.1) is 0 Å². The molecule has 3 atom stereocenters. The van der Waals surface area contributed by atoms with E-state index in [0.717, 1.165) is 18.7 Å². The van der Waals surface area contributed by atoms with Crippen molar-refractivity contribution in [2.75, 3.05) is 12.0 Å². The average Bonchev–Trinajstić information content (AvgIpc) is 2.85. The zero-order valence-corrected chi connectivity index (χ0v) is 13.9. The Bertz CT molecular complexity index is 745.